The van der Waals surface area contributed by atoms with Gasteiger partial charge in [0.15, 0.2) is 5.82 Å². The zero-order chi connectivity index (χ0) is 18.8. The quantitative estimate of drug-likeness (QED) is 0.521. The van der Waals surface area contributed by atoms with Crippen molar-refractivity contribution in [2.45, 2.75) is 25.6 Å². The van der Waals surface area contributed by atoms with Crippen LogP contribution in [0.25, 0.3) is 0 Å². The summed E-state index contributed by atoms with van der Waals surface area (Å²) in [4.78, 5) is 3.78. The fourth-order valence-electron chi connectivity index (χ4n) is 3.93. The van der Waals surface area contributed by atoms with Crippen molar-refractivity contribution in [3.63, 3.8) is 0 Å². The van der Waals surface area contributed by atoms with Gasteiger partial charge in [-0.05, 0) is 45.0 Å². The second-order valence-corrected chi connectivity index (χ2v) is 8.07. The van der Waals surface area contributed by atoms with Gasteiger partial charge in [0.05, 0.1) is 6.54 Å². The van der Waals surface area contributed by atoms with Crippen LogP contribution in [0.1, 0.15) is 33.4 Å². The maximum absolute atomic E-state index is 4.47. The Hall–Kier alpha value is -2.83. The molecule has 1 aliphatic rings. The number of tetrazole rings is 1. The molecule has 4 aromatic rings. The van der Waals surface area contributed by atoms with E-state index in [2.05, 4.69) is 86.5 Å². The molecule has 0 saturated carbocycles. The first-order valence-corrected chi connectivity index (χ1v) is 10.4. The van der Waals surface area contributed by atoms with E-state index in [1.165, 1.54) is 21.6 Å². The van der Waals surface area contributed by atoms with Crippen LogP contribution in [0.2, 0.25) is 0 Å². The van der Waals surface area contributed by atoms with E-state index in [1.807, 2.05) is 10.7 Å². The Morgan fingerprint density at radius 1 is 0.929 bits per heavy atom. The van der Waals surface area contributed by atoms with E-state index < -0.39 is 0 Å². The van der Waals surface area contributed by atoms with Crippen LogP contribution in [0.15, 0.2) is 72.1 Å². The first-order valence-electron chi connectivity index (χ1n) is 9.53. The molecule has 0 bridgehead atoms. The van der Waals surface area contributed by atoms with E-state index in [0.29, 0.717) is 6.54 Å². The Morgan fingerprint density at radius 3 is 2.57 bits per heavy atom. The molecule has 0 saturated heterocycles. The fraction of sp³-hybridized carbons (Fsp3) is 0.227. The highest BCUT2D eigenvalue weighted by Gasteiger charge is 2.31. The third-order valence-corrected chi connectivity index (χ3v) is 6.24. The summed E-state index contributed by atoms with van der Waals surface area (Å²) >= 11 is 1.77. The smallest absolute Gasteiger partial charge is 0.174 e. The molecule has 0 radical (unpaired) electrons. The predicted molar refractivity (Wildman–Crippen MR) is 110 cm³/mol. The number of nitrogens with zero attached hydrogens (tertiary/aromatic N) is 5. The molecule has 140 valence electrons. The molecule has 2 aromatic heterocycles. The molecule has 0 spiro atoms. The summed E-state index contributed by atoms with van der Waals surface area (Å²) in [5.41, 5.74) is 4.05. The molecule has 0 unspecified atom stereocenters. The lowest BCUT2D eigenvalue weighted by Gasteiger charge is -2.34. The molecular weight excluding hydrogens is 366 g/mol. The van der Waals surface area contributed by atoms with Crippen LogP contribution in [0.5, 0.6) is 0 Å². The predicted octanol–water partition coefficient (Wildman–Crippen LogP) is 3.93. The van der Waals surface area contributed by atoms with Gasteiger partial charge in [0.1, 0.15) is 6.04 Å². The summed E-state index contributed by atoms with van der Waals surface area (Å²) in [5.74, 6) is 0.908. The minimum atomic E-state index is 0.0621. The second-order valence-electron chi connectivity index (χ2n) is 7.09. The van der Waals surface area contributed by atoms with Crippen molar-refractivity contribution in [1.29, 1.82) is 0 Å². The summed E-state index contributed by atoms with van der Waals surface area (Å²) in [6.07, 6.45) is 1.05. The first-order chi connectivity index (χ1) is 13.9. The monoisotopic (exact) mass is 387 g/mol. The largest absolute Gasteiger partial charge is 0.284 e. The molecule has 5 rings (SSSR count). The van der Waals surface area contributed by atoms with Gasteiger partial charge < -0.3 is 0 Å². The minimum absolute atomic E-state index is 0.0621. The number of thiophene rings is 1. The van der Waals surface area contributed by atoms with Crippen LogP contribution in [-0.2, 0) is 19.5 Å². The highest BCUT2D eigenvalue weighted by atomic mass is 32.1. The van der Waals surface area contributed by atoms with Crippen molar-refractivity contribution in [2.24, 2.45) is 0 Å². The summed E-state index contributed by atoms with van der Waals surface area (Å²) in [6.45, 7) is 2.59. The fourth-order valence-corrected chi connectivity index (χ4v) is 4.79. The number of rotatable bonds is 5. The van der Waals surface area contributed by atoms with E-state index in [0.717, 1.165) is 25.3 Å². The van der Waals surface area contributed by atoms with Gasteiger partial charge >= 0.3 is 0 Å². The molecule has 28 heavy (non-hydrogen) atoms. The van der Waals surface area contributed by atoms with Crippen molar-refractivity contribution in [1.82, 2.24) is 25.1 Å². The van der Waals surface area contributed by atoms with Crippen LogP contribution in [0.3, 0.4) is 0 Å². The van der Waals surface area contributed by atoms with Crippen molar-refractivity contribution >= 4 is 11.3 Å². The van der Waals surface area contributed by atoms with Crippen LogP contribution in [0, 0.1) is 0 Å². The van der Waals surface area contributed by atoms with Gasteiger partial charge in [-0.2, -0.15) is 0 Å². The Balaban J connectivity index is 1.50. The molecule has 3 heterocycles. The lowest BCUT2D eigenvalue weighted by molar-refractivity contribution is 0.197. The third-order valence-electron chi connectivity index (χ3n) is 5.32. The van der Waals surface area contributed by atoms with Crippen LogP contribution >= 0.6 is 11.3 Å². The maximum atomic E-state index is 4.47. The highest BCUT2D eigenvalue weighted by molar-refractivity contribution is 7.10. The molecule has 2 aromatic carbocycles. The van der Waals surface area contributed by atoms with Crippen molar-refractivity contribution in [3.8, 4) is 0 Å². The topological polar surface area (TPSA) is 46.8 Å². The zero-order valence-corrected chi connectivity index (χ0v) is 16.3. The Bertz CT molecular complexity index is 1040. The normalized spacial score (nSPS) is 15.3. The standard InChI is InChI=1S/C22H21N5S/c1-2-7-17(8-3-1)15-27-22(23-24-25-27)21(20-11-6-14-28-20)26-13-12-18-9-4-5-10-19(18)16-26/h1-11,14,21H,12-13,15-16H2/t21-/m0/s1. The van der Waals surface area contributed by atoms with Gasteiger partial charge in [-0.15, -0.1) is 16.4 Å². The number of aromatic nitrogens is 4. The average Bonchev–Trinajstić information content (AvgIpc) is 3.42. The molecule has 0 aliphatic carbocycles. The highest BCUT2D eigenvalue weighted by Crippen LogP contribution is 2.34. The van der Waals surface area contributed by atoms with Gasteiger partial charge in [-0.1, -0.05) is 60.7 Å². The molecule has 0 N–H and O–H groups in total. The van der Waals surface area contributed by atoms with Crippen LogP contribution < -0.4 is 0 Å². The number of hydrogen-bond acceptors (Lipinski definition) is 5. The van der Waals surface area contributed by atoms with Crippen LogP contribution in [-0.4, -0.2) is 31.7 Å². The van der Waals surface area contributed by atoms with E-state index in [4.69, 9.17) is 0 Å². The maximum Gasteiger partial charge on any atom is 0.174 e. The number of benzene rings is 2. The van der Waals surface area contributed by atoms with Crippen LogP contribution in [0.4, 0.5) is 0 Å². The molecule has 5 nitrogen and oxygen atoms in total. The molecular formula is C22H21N5S. The summed E-state index contributed by atoms with van der Waals surface area (Å²) in [6, 6.07) is 23.5. The van der Waals surface area contributed by atoms with Crippen molar-refractivity contribution in [3.05, 3.63) is 99.5 Å². The summed E-state index contributed by atoms with van der Waals surface area (Å²) in [5, 5.41) is 14.9. The van der Waals surface area contributed by atoms with Gasteiger partial charge in [0.2, 0.25) is 0 Å². The van der Waals surface area contributed by atoms with E-state index in [-0.39, 0.29) is 6.04 Å². The average molecular weight is 388 g/mol. The van der Waals surface area contributed by atoms with E-state index in [9.17, 15) is 0 Å². The van der Waals surface area contributed by atoms with Crippen molar-refractivity contribution in [2.75, 3.05) is 6.54 Å². The molecule has 0 fully saturated rings. The summed E-state index contributed by atoms with van der Waals surface area (Å²) < 4.78 is 1.94. The van der Waals surface area contributed by atoms with Gasteiger partial charge in [0.25, 0.3) is 0 Å². The summed E-state index contributed by atoms with van der Waals surface area (Å²) in [7, 11) is 0. The minimum Gasteiger partial charge on any atom is -0.284 e. The van der Waals surface area contributed by atoms with Crippen molar-refractivity contribution < 1.29 is 0 Å². The molecule has 0 amide bonds. The number of hydrogen-bond donors (Lipinski definition) is 0. The van der Waals surface area contributed by atoms with Gasteiger partial charge in [-0.3, -0.25) is 4.90 Å². The molecule has 6 heteroatoms. The zero-order valence-electron chi connectivity index (χ0n) is 15.5. The third kappa shape index (κ3) is 3.37. The lowest BCUT2D eigenvalue weighted by Crippen LogP contribution is -2.36. The lowest BCUT2D eigenvalue weighted by atomic mass is 9.98. The van der Waals surface area contributed by atoms with E-state index >= 15 is 0 Å². The molecule has 1 aliphatic heterocycles. The van der Waals surface area contributed by atoms with E-state index in [1.54, 1.807) is 11.3 Å². The Morgan fingerprint density at radius 2 is 1.75 bits per heavy atom. The van der Waals surface area contributed by atoms with Gasteiger partial charge in [-0.25, -0.2) is 4.68 Å². The Labute approximate surface area is 168 Å². The number of fused-ring (bicyclic) bond motifs is 1. The molecule has 1 atom stereocenters. The SMILES string of the molecule is c1ccc(Cn2nnnc2[C@H](c2cccs2)N2CCc3ccccc3C2)cc1. The van der Waals surface area contributed by atoms with Gasteiger partial charge in [0, 0.05) is 18.0 Å². The second kappa shape index (κ2) is 7.66. The first kappa shape index (κ1) is 17.3. The Kier molecular flexibility index (Phi) is 4.72.